The molecule has 3 heterocycles. The van der Waals surface area contributed by atoms with E-state index in [0.29, 0.717) is 23.6 Å². The summed E-state index contributed by atoms with van der Waals surface area (Å²) in [4.78, 5) is 42.9. The van der Waals surface area contributed by atoms with Crippen LogP contribution in [-0.4, -0.2) is 69.3 Å². The number of carbonyl (C=O) groups excluding carboxylic acids is 2. The van der Waals surface area contributed by atoms with Gasteiger partial charge in [-0.15, -0.1) is 6.58 Å². The first-order chi connectivity index (χ1) is 15.5. The zero-order valence-corrected chi connectivity index (χ0v) is 19.7. The molecule has 4 rings (SSSR count). The van der Waals surface area contributed by atoms with E-state index in [2.05, 4.69) is 6.58 Å². The van der Waals surface area contributed by atoms with Crippen molar-refractivity contribution in [3.05, 3.63) is 41.4 Å². The van der Waals surface area contributed by atoms with Crippen molar-refractivity contribution < 1.29 is 29.3 Å². The van der Waals surface area contributed by atoms with Gasteiger partial charge >= 0.3 is 5.97 Å². The highest BCUT2D eigenvalue weighted by molar-refractivity contribution is 6.34. The number of hydrogen-bond donors (Lipinski definition) is 2. The minimum absolute atomic E-state index is 0.135. The number of aliphatic hydroxyl groups excluding tert-OH is 1. The van der Waals surface area contributed by atoms with Crippen molar-refractivity contribution in [3.63, 3.8) is 0 Å². The Kier molecular flexibility index (Phi) is 5.83. The fourth-order valence-electron chi connectivity index (χ4n) is 6.11. The van der Waals surface area contributed by atoms with Crippen LogP contribution in [0.4, 0.5) is 5.69 Å². The van der Waals surface area contributed by atoms with Crippen LogP contribution in [0.25, 0.3) is 0 Å². The molecule has 178 valence electrons. The van der Waals surface area contributed by atoms with Crippen LogP contribution < -0.4 is 4.90 Å². The van der Waals surface area contributed by atoms with E-state index in [1.54, 1.807) is 32.1 Å². The Balaban J connectivity index is 1.88. The van der Waals surface area contributed by atoms with Crippen LogP contribution in [0.3, 0.4) is 0 Å². The van der Waals surface area contributed by atoms with Gasteiger partial charge in [-0.25, -0.2) is 0 Å². The van der Waals surface area contributed by atoms with E-state index in [1.165, 1.54) is 9.80 Å². The molecule has 2 bridgehead atoms. The largest absolute Gasteiger partial charge is 0.481 e. The number of aryl methyl sites for hydroxylation is 1. The zero-order valence-electron chi connectivity index (χ0n) is 19.0. The average molecular weight is 477 g/mol. The second-order valence-corrected chi connectivity index (χ2v) is 9.89. The van der Waals surface area contributed by atoms with E-state index < -0.39 is 52.9 Å². The third-order valence-corrected chi connectivity index (χ3v) is 7.79. The number of amides is 2. The van der Waals surface area contributed by atoms with Gasteiger partial charge in [-0.05, 0) is 45.2 Å². The molecular weight excluding hydrogens is 448 g/mol. The van der Waals surface area contributed by atoms with E-state index >= 15 is 0 Å². The number of carboxylic acids is 1. The van der Waals surface area contributed by atoms with Crippen LogP contribution in [0.15, 0.2) is 30.9 Å². The Hall–Kier alpha value is -2.42. The van der Waals surface area contributed by atoms with Gasteiger partial charge in [-0.3, -0.25) is 14.4 Å². The molecule has 1 spiro atoms. The van der Waals surface area contributed by atoms with E-state index in [-0.39, 0.29) is 13.2 Å². The molecule has 0 radical (unpaired) electrons. The molecule has 33 heavy (non-hydrogen) atoms. The lowest BCUT2D eigenvalue weighted by atomic mass is 9.66. The fourth-order valence-corrected chi connectivity index (χ4v) is 6.44. The Morgan fingerprint density at radius 1 is 1.42 bits per heavy atom. The molecule has 9 heteroatoms. The molecule has 2 amide bonds. The number of nitrogens with zero attached hydrogens (tertiary/aromatic N) is 2. The number of hydrogen-bond acceptors (Lipinski definition) is 5. The predicted octanol–water partition coefficient (Wildman–Crippen LogP) is 2.40. The molecule has 1 aromatic carbocycles. The number of rotatable bonds is 7. The summed E-state index contributed by atoms with van der Waals surface area (Å²) >= 11 is 6.48. The average Bonchev–Trinajstić information content (AvgIpc) is 3.32. The number of benzene rings is 1. The molecule has 3 saturated heterocycles. The Morgan fingerprint density at radius 2 is 2.12 bits per heavy atom. The van der Waals surface area contributed by atoms with E-state index in [0.717, 1.165) is 5.56 Å². The SMILES string of the molecule is C=CCN(C(=O)C1N([C@H](C)CO)C(=O)[C@@H]2[C@@H](C(=O)O)[C@@]3(C)CCC12O3)c1c(C)cccc1Cl. The van der Waals surface area contributed by atoms with Crippen molar-refractivity contribution in [2.24, 2.45) is 11.8 Å². The third kappa shape index (κ3) is 3.22. The number of carbonyl (C=O) groups is 3. The molecular formula is C24H29ClN2O6. The van der Waals surface area contributed by atoms with Crippen LogP contribution in [0, 0.1) is 18.8 Å². The van der Waals surface area contributed by atoms with Crippen molar-refractivity contribution in [1.29, 1.82) is 0 Å². The van der Waals surface area contributed by atoms with Gasteiger partial charge in [0.25, 0.3) is 5.91 Å². The monoisotopic (exact) mass is 476 g/mol. The number of para-hydroxylation sites is 1. The van der Waals surface area contributed by atoms with Gasteiger partial charge in [0.05, 0.1) is 40.8 Å². The van der Waals surface area contributed by atoms with E-state index in [1.807, 2.05) is 13.0 Å². The summed E-state index contributed by atoms with van der Waals surface area (Å²) in [5.74, 6) is -4.10. The molecule has 0 saturated carbocycles. The smallest absolute Gasteiger partial charge is 0.310 e. The molecule has 2 N–H and O–H groups in total. The van der Waals surface area contributed by atoms with Gasteiger partial charge < -0.3 is 24.7 Å². The number of halogens is 1. The first-order valence-corrected chi connectivity index (χ1v) is 11.4. The number of likely N-dealkylation sites (tertiary alicyclic amines) is 1. The predicted molar refractivity (Wildman–Crippen MR) is 122 cm³/mol. The van der Waals surface area contributed by atoms with Crippen molar-refractivity contribution in [2.45, 2.75) is 56.9 Å². The molecule has 3 aliphatic heterocycles. The lowest BCUT2D eigenvalue weighted by Gasteiger charge is -2.39. The van der Waals surface area contributed by atoms with E-state index in [9.17, 15) is 24.6 Å². The summed E-state index contributed by atoms with van der Waals surface area (Å²) in [6.45, 7) is 8.70. The number of anilines is 1. The van der Waals surface area contributed by atoms with Gasteiger partial charge in [-0.2, -0.15) is 0 Å². The molecule has 0 aromatic heterocycles. The minimum atomic E-state index is -1.29. The number of carboxylic acid groups (broad SMARTS) is 1. The maximum Gasteiger partial charge on any atom is 0.310 e. The van der Waals surface area contributed by atoms with Crippen molar-refractivity contribution >= 4 is 35.1 Å². The topological polar surface area (TPSA) is 107 Å². The van der Waals surface area contributed by atoms with Crippen LogP contribution in [0.2, 0.25) is 5.02 Å². The van der Waals surface area contributed by atoms with E-state index in [4.69, 9.17) is 16.3 Å². The molecule has 8 nitrogen and oxygen atoms in total. The summed E-state index contributed by atoms with van der Waals surface area (Å²) in [7, 11) is 0. The number of ether oxygens (including phenoxy) is 1. The molecule has 3 aliphatic rings. The molecule has 6 atom stereocenters. The Labute approximate surface area is 197 Å². The fraction of sp³-hybridized carbons (Fsp3) is 0.542. The van der Waals surface area contributed by atoms with Gasteiger partial charge in [-0.1, -0.05) is 29.8 Å². The summed E-state index contributed by atoms with van der Waals surface area (Å²) in [5, 5.41) is 20.3. The first-order valence-electron chi connectivity index (χ1n) is 11.1. The second-order valence-electron chi connectivity index (χ2n) is 9.49. The van der Waals surface area contributed by atoms with Crippen molar-refractivity contribution in [3.8, 4) is 0 Å². The van der Waals surface area contributed by atoms with Crippen LogP contribution in [0.1, 0.15) is 32.3 Å². The summed E-state index contributed by atoms with van der Waals surface area (Å²) in [6, 6.07) is 3.50. The minimum Gasteiger partial charge on any atom is -0.481 e. The van der Waals surface area contributed by atoms with Gasteiger partial charge in [0, 0.05) is 6.54 Å². The highest BCUT2D eigenvalue weighted by Crippen LogP contribution is 2.63. The van der Waals surface area contributed by atoms with Crippen LogP contribution in [0.5, 0.6) is 0 Å². The van der Waals surface area contributed by atoms with Gasteiger partial charge in [0.1, 0.15) is 11.6 Å². The Bertz CT molecular complexity index is 1010. The number of fused-ring (bicyclic) bond motifs is 1. The summed E-state index contributed by atoms with van der Waals surface area (Å²) in [6.07, 6.45) is 2.37. The quantitative estimate of drug-likeness (QED) is 0.585. The van der Waals surface area contributed by atoms with Crippen molar-refractivity contribution in [2.75, 3.05) is 18.1 Å². The Morgan fingerprint density at radius 3 is 2.70 bits per heavy atom. The third-order valence-electron chi connectivity index (χ3n) is 7.49. The summed E-state index contributed by atoms with van der Waals surface area (Å²) in [5.41, 5.74) is -1.06. The number of aliphatic hydroxyl groups is 1. The maximum absolute atomic E-state index is 14.2. The first kappa shape index (κ1) is 23.7. The molecule has 2 unspecified atom stereocenters. The zero-order chi connectivity index (χ0) is 24.3. The maximum atomic E-state index is 14.2. The van der Waals surface area contributed by atoms with Gasteiger partial charge in [0.2, 0.25) is 5.91 Å². The van der Waals surface area contributed by atoms with Crippen LogP contribution >= 0.6 is 11.6 Å². The second kappa shape index (κ2) is 8.11. The molecule has 3 fully saturated rings. The normalized spacial score (nSPS) is 33.2. The molecule has 0 aliphatic carbocycles. The lowest BCUT2D eigenvalue weighted by Crippen LogP contribution is -2.58. The van der Waals surface area contributed by atoms with Crippen LogP contribution in [-0.2, 0) is 19.1 Å². The summed E-state index contributed by atoms with van der Waals surface area (Å²) < 4.78 is 6.37. The standard InChI is InChI=1S/C24H29ClN2O6/c1-5-11-26(18-13(2)7-6-8-15(18)25)21(30)19-24-10-9-23(4,33-24)17(22(31)32)16(24)20(29)27(19)14(3)12-28/h5-8,14,16-17,19,28H,1,9-12H2,2-4H3,(H,31,32)/t14-,16+,17+,19?,23-,24?/m1/s1. The van der Waals surface area contributed by atoms with Crippen molar-refractivity contribution in [1.82, 2.24) is 4.90 Å². The highest BCUT2D eigenvalue weighted by Gasteiger charge is 2.78. The molecule has 1 aromatic rings. The highest BCUT2D eigenvalue weighted by atomic mass is 35.5. The lowest BCUT2D eigenvalue weighted by molar-refractivity contribution is -0.155. The van der Waals surface area contributed by atoms with Gasteiger partial charge in [0.15, 0.2) is 0 Å². The number of aliphatic carboxylic acids is 1.